The number of halogens is 1. The Bertz CT molecular complexity index is 555. The van der Waals surface area contributed by atoms with Crippen LogP contribution < -0.4 is 11.1 Å². The Morgan fingerprint density at radius 2 is 2.32 bits per heavy atom. The number of carbonyl (C=O) groups is 1. The van der Waals surface area contributed by atoms with Crippen LogP contribution in [0.25, 0.3) is 0 Å². The zero-order chi connectivity index (χ0) is 13.7. The van der Waals surface area contributed by atoms with Gasteiger partial charge in [-0.2, -0.15) is 0 Å². The molecule has 0 radical (unpaired) electrons. The summed E-state index contributed by atoms with van der Waals surface area (Å²) >= 11 is 0. The number of nitrogens with zero attached hydrogens (tertiary/aromatic N) is 3. The van der Waals surface area contributed by atoms with Gasteiger partial charge in [-0.3, -0.25) is 9.48 Å². The first-order chi connectivity index (χ1) is 9.16. The number of rotatable bonds is 5. The second-order valence-electron chi connectivity index (χ2n) is 4.01. The summed E-state index contributed by atoms with van der Waals surface area (Å²) < 4.78 is 14.7. The van der Waals surface area contributed by atoms with E-state index in [0.717, 1.165) is 6.07 Å². The van der Waals surface area contributed by atoms with E-state index in [9.17, 15) is 9.18 Å². The maximum absolute atomic E-state index is 13.0. The summed E-state index contributed by atoms with van der Waals surface area (Å²) in [6.07, 6.45) is 4.03. The molecule has 100 valence electrons. The smallest absolute Gasteiger partial charge is 0.253 e. The molecule has 0 aliphatic rings. The van der Waals surface area contributed by atoms with Crippen LogP contribution in [0.3, 0.4) is 0 Å². The highest BCUT2D eigenvalue weighted by Crippen LogP contribution is 2.12. The molecule has 0 atom stereocenters. The molecule has 0 spiro atoms. The lowest BCUT2D eigenvalue weighted by molar-refractivity contribution is 0.0953. The topological polar surface area (TPSA) is 85.8 Å². The van der Waals surface area contributed by atoms with Gasteiger partial charge in [0.2, 0.25) is 0 Å². The lowest BCUT2D eigenvalue weighted by atomic mass is 10.1. The van der Waals surface area contributed by atoms with Gasteiger partial charge in [0, 0.05) is 25.0 Å². The minimum Gasteiger partial charge on any atom is -0.398 e. The van der Waals surface area contributed by atoms with Crippen LogP contribution in [0.1, 0.15) is 16.8 Å². The number of anilines is 1. The monoisotopic (exact) mass is 263 g/mol. The lowest BCUT2D eigenvalue weighted by Gasteiger charge is -2.07. The summed E-state index contributed by atoms with van der Waals surface area (Å²) in [5, 5.41) is 10.2. The average molecular weight is 263 g/mol. The molecule has 7 heteroatoms. The minimum absolute atomic E-state index is 0.153. The number of nitrogens with one attached hydrogen (secondary N) is 1. The van der Waals surface area contributed by atoms with Crippen LogP contribution in [0.15, 0.2) is 30.6 Å². The second-order valence-corrected chi connectivity index (χ2v) is 4.01. The van der Waals surface area contributed by atoms with Gasteiger partial charge in [-0.25, -0.2) is 4.39 Å². The predicted octanol–water partition coefficient (Wildman–Crippen LogP) is 0.819. The van der Waals surface area contributed by atoms with Crippen molar-refractivity contribution in [1.82, 2.24) is 20.3 Å². The number of aromatic nitrogens is 3. The molecule has 2 rings (SSSR count). The SMILES string of the molecule is Nc1ccc(F)cc1C(=O)NCCCn1ccnn1. The van der Waals surface area contributed by atoms with E-state index in [-0.39, 0.29) is 17.2 Å². The lowest BCUT2D eigenvalue weighted by Crippen LogP contribution is -2.26. The molecule has 0 saturated heterocycles. The van der Waals surface area contributed by atoms with E-state index in [2.05, 4.69) is 15.6 Å². The molecule has 19 heavy (non-hydrogen) atoms. The second kappa shape index (κ2) is 5.94. The van der Waals surface area contributed by atoms with Gasteiger partial charge in [0.25, 0.3) is 5.91 Å². The minimum atomic E-state index is -0.484. The number of carbonyl (C=O) groups excluding carboxylic acids is 1. The maximum atomic E-state index is 13.0. The van der Waals surface area contributed by atoms with Gasteiger partial charge in [0.15, 0.2) is 0 Å². The fourth-order valence-electron chi connectivity index (χ4n) is 1.62. The number of amides is 1. The van der Waals surface area contributed by atoms with E-state index in [0.29, 0.717) is 19.5 Å². The molecule has 1 heterocycles. The number of aryl methyl sites for hydroxylation is 1. The van der Waals surface area contributed by atoms with E-state index in [1.54, 1.807) is 17.1 Å². The van der Waals surface area contributed by atoms with Gasteiger partial charge < -0.3 is 11.1 Å². The van der Waals surface area contributed by atoms with E-state index < -0.39 is 5.82 Å². The quantitative estimate of drug-likeness (QED) is 0.617. The first-order valence-electron chi connectivity index (χ1n) is 5.84. The molecule has 1 aromatic carbocycles. The molecule has 1 amide bonds. The predicted molar refractivity (Wildman–Crippen MR) is 67.8 cm³/mol. The molecule has 0 aliphatic heterocycles. The molecule has 2 aromatic rings. The van der Waals surface area contributed by atoms with E-state index in [4.69, 9.17) is 5.73 Å². The molecule has 0 saturated carbocycles. The van der Waals surface area contributed by atoms with Crippen molar-refractivity contribution < 1.29 is 9.18 Å². The Balaban J connectivity index is 1.82. The van der Waals surface area contributed by atoms with Crippen LogP contribution in [0, 0.1) is 5.82 Å². The standard InChI is InChI=1S/C12H14FN5O/c13-9-2-3-11(14)10(8-9)12(19)15-4-1-6-18-7-5-16-17-18/h2-3,5,7-8H,1,4,6,14H2,(H,15,19). The van der Waals surface area contributed by atoms with Crippen molar-refractivity contribution in [3.05, 3.63) is 42.0 Å². The third kappa shape index (κ3) is 3.51. The molecule has 0 fully saturated rings. The number of hydrogen-bond donors (Lipinski definition) is 2. The van der Waals surface area contributed by atoms with E-state index in [1.807, 2.05) is 0 Å². The number of hydrogen-bond acceptors (Lipinski definition) is 4. The van der Waals surface area contributed by atoms with Crippen molar-refractivity contribution in [3.8, 4) is 0 Å². The number of nitrogens with two attached hydrogens (primary N) is 1. The van der Waals surface area contributed by atoms with Crippen LogP contribution in [-0.2, 0) is 6.54 Å². The molecule has 0 aliphatic carbocycles. The zero-order valence-electron chi connectivity index (χ0n) is 10.2. The Morgan fingerprint density at radius 3 is 3.05 bits per heavy atom. The highest BCUT2D eigenvalue weighted by molar-refractivity contribution is 5.99. The Morgan fingerprint density at radius 1 is 1.47 bits per heavy atom. The van der Waals surface area contributed by atoms with Gasteiger partial charge >= 0.3 is 0 Å². The van der Waals surface area contributed by atoms with Gasteiger partial charge in [-0.1, -0.05) is 5.21 Å². The molecule has 3 N–H and O–H groups in total. The average Bonchev–Trinajstić information content (AvgIpc) is 2.90. The number of benzene rings is 1. The van der Waals surface area contributed by atoms with Gasteiger partial charge in [0.1, 0.15) is 5.82 Å². The van der Waals surface area contributed by atoms with Gasteiger partial charge in [-0.05, 0) is 24.6 Å². The first kappa shape index (κ1) is 13.0. The molecule has 6 nitrogen and oxygen atoms in total. The highest BCUT2D eigenvalue weighted by atomic mass is 19.1. The Hall–Kier alpha value is -2.44. The van der Waals surface area contributed by atoms with Crippen LogP contribution in [0.4, 0.5) is 10.1 Å². The largest absolute Gasteiger partial charge is 0.398 e. The summed E-state index contributed by atoms with van der Waals surface area (Å²) in [5.74, 6) is -0.863. The molecular formula is C12H14FN5O. The van der Waals surface area contributed by atoms with E-state index >= 15 is 0 Å². The third-order valence-electron chi connectivity index (χ3n) is 2.58. The fraction of sp³-hybridized carbons (Fsp3) is 0.250. The fourth-order valence-corrected chi connectivity index (χ4v) is 1.62. The summed E-state index contributed by atoms with van der Waals surface area (Å²) in [6, 6.07) is 3.72. The number of nitrogen functional groups attached to an aromatic ring is 1. The van der Waals surface area contributed by atoms with Gasteiger partial charge in [-0.15, -0.1) is 5.10 Å². The zero-order valence-corrected chi connectivity index (χ0v) is 10.2. The van der Waals surface area contributed by atoms with Crippen molar-refractivity contribution in [2.45, 2.75) is 13.0 Å². The van der Waals surface area contributed by atoms with Crippen LogP contribution >= 0.6 is 0 Å². The van der Waals surface area contributed by atoms with E-state index in [1.165, 1.54) is 12.1 Å². The summed E-state index contributed by atoms with van der Waals surface area (Å²) in [5.41, 5.74) is 6.03. The van der Waals surface area contributed by atoms with Crippen molar-refractivity contribution in [1.29, 1.82) is 0 Å². The van der Waals surface area contributed by atoms with Crippen molar-refractivity contribution in [2.24, 2.45) is 0 Å². The molecule has 0 bridgehead atoms. The summed E-state index contributed by atoms with van der Waals surface area (Å²) in [4.78, 5) is 11.8. The Labute approximate surface area is 109 Å². The maximum Gasteiger partial charge on any atom is 0.253 e. The van der Waals surface area contributed by atoms with Crippen molar-refractivity contribution in [2.75, 3.05) is 12.3 Å². The summed E-state index contributed by atoms with van der Waals surface area (Å²) in [7, 11) is 0. The van der Waals surface area contributed by atoms with Crippen molar-refractivity contribution in [3.63, 3.8) is 0 Å². The first-order valence-corrected chi connectivity index (χ1v) is 5.84. The van der Waals surface area contributed by atoms with Gasteiger partial charge in [0.05, 0.1) is 11.8 Å². The molecule has 1 aromatic heterocycles. The molecule has 0 unspecified atom stereocenters. The normalized spacial score (nSPS) is 10.4. The highest BCUT2D eigenvalue weighted by Gasteiger charge is 2.09. The van der Waals surface area contributed by atoms with Crippen LogP contribution in [-0.4, -0.2) is 27.4 Å². The van der Waals surface area contributed by atoms with Crippen molar-refractivity contribution >= 4 is 11.6 Å². The summed E-state index contributed by atoms with van der Waals surface area (Å²) in [6.45, 7) is 1.10. The molecular weight excluding hydrogens is 249 g/mol. The van der Waals surface area contributed by atoms with Crippen LogP contribution in [0.2, 0.25) is 0 Å². The van der Waals surface area contributed by atoms with Crippen LogP contribution in [0.5, 0.6) is 0 Å². The Kier molecular flexibility index (Phi) is 4.07. The third-order valence-corrected chi connectivity index (χ3v) is 2.58.